The number of benzene rings is 2. The minimum Gasteiger partial charge on any atom is -0.497 e. The number of halogens is 1. The molecule has 138 valence electrons. The van der Waals surface area contributed by atoms with E-state index in [1.165, 1.54) is 10.7 Å². The maximum Gasteiger partial charge on any atom is 0.267 e. The van der Waals surface area contributed by atoms with Gasteiger partial charge in [0.15, 0.2) is 0 Å². The van der Waals surface area contributed by atoms with Gasteiger partial charge in [-0.25, -0.2) is 4.68 Å². The Morgan fingerprint density at radius 1 is 1.07 bits per heavy atom. The summed E-state index contributed by atoms with van der Waals surface area (Å²) in [6, 6.07) is 16.3. The van der Waals surface area contributed by atoms with Crippen LogP contribution in [0.15, 0.2) is 65.5 Å². The van der Waals surface area contributed by atoms with Crippen LogP contribution in [0.1, 0.15) is 13.0 Å². The zero-order chi connectivity index (χ0) is 19.4. The molecule has 3 rings (SSSR count). The zero-order valence-electron chi connectivity index (χ0n) is 14.8. The fourth-order valence-corrected chi connectivity index (χ4v) is 2.64. The number of nitrogens with zero attached hydrogens (tertiary/aromatic N) is 2. The number of hydrogen-bond donors (Lipinski definition) is 1. The third kappa shape index (κ3) is 4.35. The van der Waals surface area contributed by atoms with E-state index in [4.69, 9.17) is 16.3 Å². The Morgan fingerprint density at radius 2 is 1.74 bits per heavy atom. The van der Waals surface area contributed by atoms with E-state index in [0.717, 1.165) is 11.3 Å². The van der Waals surface area contributed by atoms with Gasteiger partial charge in [-0.1, -0.05) is 11.6 Å². The maximum absolute atomic E-state index is 12.5. The highest BCUT2D eigenvalue weighted by Gasteiger charge is 2.18. The second-order valence-electron chi connectivity index (χ2n) is 5.90. The van der Waals surface area contributed by atoms with Crippen LogP contribution >= 0.6 is 11.6 Å². The molecule has 3 aromatic rings. The summed E-state index contributed by atoms with van der Waals surface area (Å²) in [5.74, 6) is 0.376. The van der Waals surface area contributed by atoms with Crippen molar-refractivity contribution in [2.75, 3.05) is 12.4 Å². The second-order valence-corrected chi connectivity index (χ2v) is 6.34. The lowest BCUT2D eigenvalue weighted by Gasteiger charge is -2.15. The van der Waals surface area contributed by atoms with Crippen molar-refractivity contribution in [1.29, 1.82) is 0 Å². The Balaban J connectivity index is 1.85. The topological polar surface area (TPSA) is 73.2 Å². The summed E-state index contributed by atoms with van der Waals surface area (Å²) >= 11 is 5.85. The Kier molecular flexibility index (Phi) is 5.57. The fourth-order valence-electron chi connectivity index (χ4n) is 2.51. The summed E-state index contributed by atoms with van der Waals surface area (Å²) in [6.07, 6.45) is 0. The van der Waals surface area contributed by atoms with Gasteiger partial charge in [-0.15, -0.1) is 0 Å². The number of nitrogens with one attached hydrogen (secondary N) is 1. The molecule has 6 nitrogen and oxygen atoms in total. The van der Waals surface area contributed by atoms with Gasteiger partial charge in [0.05, 0.1) is 12.8 Å². The molecule has 0 fully saturated rings. The lowest BCUT2D eigenvalue weighted by atomic mass is 10.1. The molecule has 0 aliphatic heterocycles. The van der Waals surface area contributed by atoms with Gasteiger partial charge in [-0.3, -0.25) is 9.59 Å². The van der Waals surface area contributed by atoms with Gasteiger partial charge in [0.2, 0.25) is 5.91 Å². The molecule has 1 heterocycles. The number of amides is 1. The molecular weight excluding hydrogens is 366 g/mol. The molecule has 1 atom stereocenters. The van der Waals surface area contributed by atoms with Crippen LogP contribution < -0.4 is 15.6 Å². The highest BCUT2D eigenvalue weighted by molar-refractivity contribution is 6.30. The van der Waals surface area contributed by atoms with Gasteiger partial charge in [0.25, 0.3) is 5.56 Å². The molecule has 2 aromatic carbocycles. The van der Waals surface area contributed by atoms with E-state index in [9.17, 15) is 9.59 Å². The summed E-state index contributed by atoms with van der Waals surface area (Å²) in [5, 5.41) is 7.69. The van der Waals surface area contributed by atoms with E-state index in [2.05, 4.69) is 10.4 Å². The minimum absolute atomic E-state index is 0.348. The molecule has 1 unspecified atom stereocenters. The Bertz CT molecular complexity index is 998. The molecule has 1 aromatic heterocycles. The van der Waals surface area contributed by atoms with Gasteiger partial charge < -0.3 is 10.1 Å². The van der Waals surface area contributed by atoms with Crippen molar-refractivity contribution < 1.29 is 9.53 Å². The van der Waals surface area contributed by atoms with Crippen LogP contribution in [-0.4, -0.2) is 22.8 Å². The SMILES string of the molecule is COc1ccc(-c2ccc(=O)n(C(C)C(=O)Nc3ccc(Cl)cc3)n2)cc1. The van der Waals surface area contributed by atoms with Crippen LogP contribution in [0.2, 0.25) is 5.02 Å². The highest BCUT2D eigenvalue weighted by Crippen LogP contribution is 2.20. The smallest absolute Gasteiger partial charge is 0.267 e. The molecule has 0 saturated carbocycles. The molecule has 27 heavy (non-hydrogen) atoms. The van der Waals surface area contributed by atoms with Crippen LogP contribution in [0.3, 0.4) is 0 Å². The normalized spacial score (nSPS) is 11.7. The van der Waals surface area contributed by atoms with Crippen LogP contribution in [0.5, 0.6) is 5.75 Å². The molecular formula is C20H18ClN3O3. The summed E-state index contributed by atoms with van der Waals surface area (Å²) in [4.78, 5) is 24.8. The van der Waals surface area contributed by atoms with Crippen molar-refractivity contribution in [3.05, 3.63) is 76.0 Å². The molecule has 0 saturated heterocycles. The molecule has 1 amide bonds. The number of ether oxygens (including phenoxy) is 1. The third-order valence-electron chi connectivity index (χ3n) is 4.07. The average Bonchev–Trinajstić information content (AvgIpc) is 2.69. The zero-order valence-corrected chi connectivity index (χ0v) is 15.6. The standard InChI is InChI=1S/C20H18ClN3O3/c1-13(20(26)22-16-7-5-15(21)6-8-16)24-19(25)12-11-18(23-24)14-3-9-17(27-2)10-4-14/h3-13H,1-2H3,(H,22,26). The number of methoxy groups -OCH3 is 1. The van der Waals surface area contributed by atoms with Crippen LogP contribution in [0.25, 0.3) is 11.3 Å². The number of hydrogen-bond acceptors (Lipinski definition) is 4. The van der Waals surface area contributed by atoms with Gasteiger partial charge >= 0.3 is 0 Å². The predicted molar refractivity (Wildman–Crippen MR) is 105 cm³/mol. The monoisotopic (exact) mass is 383 g/mol. The van der Waals surface area contributed by atoms with Gasteiger partial charge in [-0.05, 0) is 61.5 Å². The summed E-state index contributed by atoms with van der Waals surface area (Å²) in [7, 11) is 1.59. The lowest BCUT2D eigenvalue weighted by Crippen LogP contribution is -2.33. The van der Waals surface area contributed by atoms with E-state index in [-0.39, 0.29) is 11.5 Å². The highest BCUT2D eigenvalue weighted by atomic mass is 35.5. The van der Waals surface area contributed by atoms with Crippen molar-refractivity contribution in [2.24, 2.45) is 0 Å². The first-order valence-electron chi connectivity index (χ1n) is 8.28. The number of carbonyl (C=O) groups is 1. The van der Waals surface area contributed by atoms with Gasteiger partial charge in [0.1, 0.15) is 11.8 Å². The lowest BCUT2D eigenvalue weighted by molar-refractivity contribution is -0.119. The fraction of sp³-hybridized carbons (Fsp3) is 0.150. The van der Waals surface area contributed by atoms with Crippen molar-refractivity contribution in [1.82, 2.24) is 9.78 Å². The quantitative estimate of drug-likeness (QED) is 0.727. The van der Waals surface area contributed by atoms with E-state index in [1.54, 1.807) is 44.4 Å². The van der Waals surface area contributed by atoms with Gasteiger partial charge in [0, 0.05) is 22.3 Å². The first kappa shape index (κ1) is 18.7. The van der Waals surface area contributed by atoms with Crippen LogP contribution in [0, 0.1) is 0 Å². The molecule has 0 aliphatic rings. The first-order valence-corrected chi connectivity index (χ1v) is 8.66. The molecule has 0 aliphatic carbocycles. The third-order valence-corrected chi connectivity index (χ3v) is 4.32. The van der Waals surface area contributed by atoms with Crippen molar-refractivity contribution in [3.63, 3.8) is 0 Å². The van der Waals surface area contributed by atoms with Crippen LogP contribution in [-0.2, 0) is 4.79 Å². The number of anilines is 1. The molecule has 0 radical (unpaired) electrons. The number of aromatic nitrogens is 2. The average molecular weight is 384 g/mol. The van der Waals surface area contributed by atoms with Crippen molar-refractivity contribution in [3.8, 4) is 17.0 Å². The molecule has 7 heteroatoms. The van der Waals surface area contributed by atoms with Crippen LogP contribution in [0.4, 0.5) is 5.69 Å². The van der Waals surface area contributed by atoms with E-state index in [1.807, 2.05) is 24.3 Å². The minimum atomic E-state index is -0.786. The summed E-state index contributed by atoms with van der Waals surface area (Å²) in [5.41, 5.74) is 1.64. The summed E-state index contributed by atoms with van der Waals surface area (Å²) < 4.78 is 6.32. The predicted octanol–water partition coefficient (Wildman–Crippen LogP) is 3.77. The van der Waals surface area contributed by atoms with E-state index in [0.29, 0.717) is 16.4 Å². The molecule has 0 spiro atoms. The van der Waals surface area contributed by atoms with E-state index >= 15 is 0 Å². The maximum atomic E-state index is 12.5. The molecule has 1 N–H and O–H groups in total. The number of carbonyl (C=O) groups excluding carboxylic acids is 1. The van der Waals surface area contributed by atoms with Crippen molar-refractivity contribution in [2.45, 2.75) is 13.0 Å². The van der Waals surface area contributed by atoms with Crippen molar-refractivity contribution >= 4 is 23.2 Å². The first-order chi connectivity index (χ1) is 13.0. The summed E-state index contributed by atoms with van der Waals surface area (Å²) in [6.45, 7) is 1.62. The van der Waals surface area contributed by atoms with E-state index < -0.39 is 6.04 Å². The Morgan fingerprint density at radius 3 is 2.37 bits per heavy atom. The van der Waals surface area contributed by atoms with Gasteiger partial charge in [-0.2, -0.15) is 5.10 Å². The Hall–Kier alpha value is -3.12. The number of rotatable bonds is 5. The molecule has 0 bridgehead atoms. The largest absolute Gasteiger partial charge is 0.497 e. The second kappa shape index (κ2) is 8.05. The Labute approximate surface area is 161 Å².